The highest BCUT2D eigenvalue weighted by Crippen LogP contribution is 2.35. The molecule has 2 fully saturated rings. The second kappa shape index (κ2) is 7.48. The highest BCUT2D eigenvalue weighted by Gasteiger charge is 2.31. The van der Waals surface area contributed by atoms with Crippen molar-refractivity contribution >= 4 is 23.1 Å². The number of nitrogens with one attached hydrogen (secondary N) is 1. The maximum atomic E-state index is 10.2. The van der Waals surface area contributed by atoms with Gasteiger partial charge in [-0.1, -0.05) is 0 Å². The molecule has 2 heterocycles. The minimum Gasteiger partial charge on any atom is -0.393 e. The molecule has 0 unspecified atom stereocenters. The smallest absolute Gasteiger partial charge is 0.224 e. The first-order valence-electron chi connectivity index (χ1n) is 10.5. The fourth-order valence-corrected chi connectivity index (χ4v) is 4.78. The number of rotatable bonds is 4. The van der Waals surface area contributed by atoms with Gasteiger partial charge in [-0.3, -0.25) is 4.57 Å². The molecule has 154 valence electrons. The minimum absolute atomic E-state index is 0.210. The van der Waals surface area contributed by atoms with Crippen LogP contribution in [0.5, 0.6) is 0 Å². The van der Waals surface area contributed by atoms with Gasteiger partial charge in [-0.05, 0) is 71.1 Å². The van der Waals surface area contributed by atoms with Gasteiger partial charge in [-0.15, -0.1) is 0 Å². The van der Waals surface area contributed by atoms with Crippen LogP contribution in [-0.2, 0) is 0 Å². The average Bonchev–Trinajstić information content (AvgIpc) is 2.97. The van der Waals surface area contributed by atoms with E-state index in [4.69, 9.17) is 10.7 Å². The molecule has 4 rings (SSSR count). The largest absolute Gasteiger partial charge is 0.393 e. The van der Waals surface area contributed by atoms with Crippen LogP contribution in [0.4, 0.5) is 11.9 Å². The van der Waals surface area contributed by atoms with Gasteiger partial charge < -0.3 is 21.3 Å². The van der Waals surface area contributed by atoms with Gasteiger partial charge in [-0.25, -0.2) is 9.97 Å². The predicted octanol–water partition coefficient (Wildman–Crippen LogP) is 2.63. The van der Waals surface area contributed by atoms with Crippen LogP contribution >= 0.6 is 0 Å². The van der Waals surface area contributed by atoms with Crippen molar-refractivity contribution in [3.8, 4) is 0 Å². The van der Waals surface area contributed by atoms with Crippen molar-refractivity contribution in [2.24, 2.45) is 5.92 Å². The molecule has 2 aromatic rings. The van der Waals surface area contributed by atoms with E-state index in [1.165, 1.54) is 0 Å². The summed E-state index contributed by atoms with van der Waals surface area (Å²) in [6, 6.07) is 0.535. The molecule has 28 heavy (non-hydrogen) atoms. The topological polar surface area (TPSA) is 122 Å². The molecule has 0 saturated heterocycles. The Morgan fingerprint density at radius 1 is 1.07 bits per heavy atom. The number of fused-ring (bicyclic) bond motifs is 1. The standard InChI is InChI=1S/C20H32N6O2/c1-20(2,28)12-3-5-13(6-4-12)23-19-22-11-16-17(25-19)26(18(21)24-16)14-7-9-15(27)10-8-14/h11-15,27-28H,3-10H2,1-2H3,(H2,21,24)(H,22,23,25)/t12?,13?,14-,15+. The lowest BCUT2D eigenvalue weighted by atomic mass is 9.77. The van der Waals surface area contributed by atoms with E-state index in [-0.39, 0.29) is 12.1 Å². The fourth-order valence-electron chi connectivity index (χ4n) is 4.78. The van der Waals surface area contributed by atoms with Crippen molar-refractivity contribution in [3.05, 3.63) is 6.20 Å². The lowest BCUT2D eigenvalue weighted by Gasteiger charge is -2.36. The summed E-state index contributed by atoms with van der Waals surface area (Å²) in [6.45, 7) is 3.80. The molecule has 0 amide bonds. The molecular formula is C20H32N6O2. The zero-order valence-corrected chi connectivity index (χ0v) is 16.8. The third-order valence-corrected chi connectivity index (χ3v) is 6.55. The van der Waals surface area contributed by atoms with Gasteiger partial charge in [0.25, 0.3) is 0 Å². The number of aliphatic hydroxyl groups is 2. The number of nitrogen functional groups attached to an aromatic ring is 1. The molecule has 0 spiro atoms. The molecule has 8 nitrogen and oxygen atoms in total. The lowest BCUT2D eigenvalue weighted by Crippen LogP contribution is -2.37. The van der Waals surface area contributed by atoms with Crippen LogP contribution in [0.2, 0.25) is 0 Å². The molecule has 2 aliphatic carbocycles. The van der Waals surface area contributed by atoms with Crippen molar-refractivity contribution in [2.75, 3.05) is 11.1 Å². The monoisotopic (exact) mass is 388 g/mol. The van der Waals surface area contributed by atoms with Crippen molar-refractivity contribution in [3.63, 3.8) is 0 Å². The number of hydrogen-bond donors (Lipinski definition) is 4. The summed E-state index contributed by atoms with van der Waals surface area (Å²) in [7, 11) is 0. The maximum Gasteiger partial charge on any atom is 0.224 e. The van der Waals surface area contributed by atoms with Gasteiger partial charge in [0.2, 0.25) is 11.9 Å². The molecule has 5 N–H and O–H groups in total. The van der Waals surface area contributed by atoms with E-state index in [1.54, 1.807) is 6.20 Å². The Labute approximate surface area is 165 Å². The van der Waals surface area contributed by atoms with Crippen molar-refractivity contribution < 1.29 is 10.2 Å². The van der Waals surface area contributed by atoms with Crippen LogP contribution in [0.1, 0.15) is 71.3 Å². The van der Waals surface area contributed by atoms with Crippen LogP contribution < -0.4 is 11.1 Å². The molecule has 0 atom stereocenters. The first-order valence-corrected chi connectivity index (χ1v) is 10.5. The molecule has 2 saturated carbocycles. The van der Waals surface area contributed by atoms with Crippen LogP contribution in [0.15, 0.2) is 6.20 Å². The lowest BCUT2D eigenvalue weighted by molar-refractivity contribution is -0.000414. The zero-order valence-electron chi connectivity index (χ0n) is 16.8. The Bertz CT molecular complexity index is 814. The van der Waals surface area contributed by atoms with E-state index >= 15 is 0 Å². The Morgan fingerprint density at radius 2 is 1.75 bits per heavy atom. The van der Waals surface area contributed by atoms with Gasteiger partial charge in [0, 0.05) is 12.1 Å². The van der Waals surface area contributed by atoms with Crippen LogP contribution in [0, 0.1) is 5.92 Å². The van der Waals surface area contributed by atoms with Crippen LogP contribution in [-0.4, -0.2) is 47.5 Å². The fraction of sp³-hybridized carbons (Fsp3) is 0.750. The number of imidazole rings is 1. The third-order valence-electron chi connectivity index (χ3n) is 6.55. The first-order chi connectivity index (χ1) is 13.3. The van der Waals surface area contributed by atoms with Crippen molar-refractivity contribution in [1.29, 1.82) is 0 Å². The van der Waals surface area contributed by atoms with Gasteiger partial charge >= 0.3 is 0 Å². The van der Waals surface area contributed by atoms with Gasteiger partial charge in [0.15, 0.2) is 5.65 Å². The summed E-state index contributed by atoms with van der Waals surface area (Å²) < 4.78 is 2.01. The van der Waals surface area contributed by atoms with Crippen molar-refractivity contribution in [2.45, 2.75) is 89.0 Å². The van der Waals surface area contributed by atoms with Crippen LogP contribution in [0.3, 0.4) is 0 Å². The van der Waals surface area contributed by atoms with E-state index in [0.717, 1.165) is 57.0 Å². The number of nitrogens with zero attached hydrogens (tertiary/aromatic N) is 4. The Morgan fingerprint density at radius 3 is 2.39 bits per heavy atom. The Kier molecular flexibility index (Phi) is 5.18. The Hall–Kier alpha value is -1.93. The average molecular weight is 389 g/mol. The normalized spacial score (nSPS) is 29.1. The first kappa shape index (κ1) is 19.4. The molecule has 0 radical (unpaired) electrons. The van der Waals surface area contributed by atoms with E-state index in [1.807, 2.05) is 18.4 Å². The minimum atomic E-state index is -0.613. The highest BCUT2D eigenvalue weighted by molar-refractivity contribution is 5.74. The van der Waals surface area contributed by atoms with Gasteiger partial charge in [-0.2, -0.15) is 4.98 Å². The molecule has 2 aromatic heterocycles. The summed E-state index contributed by atoms with van der Waals surface area (Å²) in [5.41, 5.74) is 7.05. The molecule has 0 bridgehead atoms. The molecule has 0 aliphatic heterocycles. The second-order valence-electron chi connectivity index (χ2n) is 9.05. The van der Waals surface area contributed by atoms with E-state index in [9.17, 15) is 10.2 Å². The SMILES string of the molecule is CC(C)(O)C1CCC(Nc2ncc3nc(N)n([C@H]4CC[C@@H](O)CC4)c3n2)CC1. The maximum absolute atomic E-state index is 10.2. The summed E-state index contributed by atoms with van der Waals surface area (Å²) in [5.74, 6) is 1.42. The number of aliphatic hydroxyl groups excluding tert-OH is 1. The van der Waals surface area contributed by atoms with E-state index in [2.05, 4.69) is 15.3 Å². The van der Waals surface area contributed by atoms with Crippen molar-refractivity contribution in [1.82, 2.24) is 19.5 Å². The van der Waals surface area contributed by atoms with Gasteiger partial charge in [0.1, 0.15) is 5.52 Å². The molecule has 8 heteroatoms. The van der Waals surface area contributed by atoms with Gasteiger partial charge in [0.05, 0.1) is 17.9 Å². The summed E-state index contributed by atoms with van der Waals surface area (Å²) >= 11 is 0. The highest BCUT2D eigenvalue weighted by atomic mass is 16.3. The summed E-state index contributed by atoms with van der Waals surface area (Å²) in [5, 5.41) is 23.5. The number of anilines is 2. The number of hydrogen-bond acceptors (Lipinski definition) is 7. The van der Waals surface area contributed by atoms with E-state index in [0.29, 0.717) is 29.4 Å². The predicted molar refractivity (Wildman–Crippen MR) is 109 cm³/mol. The van der Waals surface area contributed by atoms with Crippen LogP contribution in [0.25, 0.3) is 11.2 Å². The second-order valence-corrected chi connectivity index (χ2v) is 9.05. The third kappa shape index (κ3) is 3.93. The Balaban J connectivity index is 1.49. The molecule has 2 aliphatic rings. The molecule has 0 aromatic carbocycles. The molecular weight excluding hydrogens is 356 g/mol. The number of nitrogens with two attached hydrogens (primary N) is 1. The summed E-state index contributed by atoms with van der Waals surface area (Å²) in [6.07, 6.45) is 8.84. The zero-order chi connectivity index (χ0) is 19.9. The van der Waals surface area contributed by atoms with E-state index < -0.39 is 5.60 Å². The quantitative estimate of drug-likeness (QED) is 0.635. The number of aromatic nitrogens is 4. The summed E-state index contributed by atoms with van der Waals surface area (Å²) in [4.78, 5) is 13.6.